The smallest absolute Gasteiger partial charge is 0.330 e. The predicted molar refractivity (Wildman–Crippen MR) is 101 cm³/mol. The van der Waals surface area contributed by atoms with Crippen molar-refractivity contribution in [3.63, 3.8) is 0 Å². The van der Waals surface area contributed by atoms with Gasteiger partial charge in [0.25, 0.3) is 0 Å². The lowest BCUT2D eigenvalue weighted by molar-refractivity contribution is -0.142. The van der Waals surface area contributed by atoms with Crippen molar-refractivity contribution in [3.05, 3.63) is 64.5 Å². The summed E-state index contributed by atoms with van der Waals surface area (Å²) in [6.45, 7) is 3.68. The highest BCUT2D eigenvalue weighted by Gasteiger charge is 2.24. The molecule has 0 heterocycles. The zero-order chi connectivity index (χ0) is 20.8. The second-order valence-corrected chi connectivity index (χ2v) is 6.47. The van der Waals surface area contributed by atoms with Crippen molar-refractivity contribution in [2.45, 2.75) is 32.7 Å². The quantitative estimate of drug-likeness (QED) is 0.678. The molecule has 0 radical (unpaired) electrons. The molecule has 2 aromatic carbocycles. The Balaban J connectivity index is 2.05. The van der Waals surface area contributed by atoms with Crippen molar-refractivity contribution < 1.29 is 28.6 Å². The van der Waals surface area contributed by atoms with Gasteiger partial charge in [0.2, 0.25) is 5.91 Å². The van der Waals surface area contributed by atoms with E-state index in [1.807, 2.05) is 26.0 Å². The van der Waals surface area contributed by atoms with Crippen LogP contribution in [0.4, 0.5) is 4.39 Å². The fourth-order valence-corrected chi connectivity index (χ4v) is 2.78. The van der Waals surface area contributed by atoms with Gasteiger partial charge < -0.3 is 15.2 Å². The maximum Gasteiger partial charge on any atom is 0.330 e. The molecule has 1 atom stereocenters. The third-order valence-electron chi connectivity index (χ3n) is 4.33. The topological polar surface area (TPSA) is 92.7 Å². The number of ketones is 1. The largest absolute Gasteiger partial charge is 0.494 e. The fraction of sp³-hybridized carbons (Fsp3) is 0.286. The number of Topliss-reactive ketones (excluding diaryl/α,β-unsaturated/α-hetero) is 1. The van der Waals surface area contributed by atoms with E-state index in [1.165, 1.54) is 19.2 Å². The highest BCUT2D eigenvalue weighted by Crippen LogP contribution is 2.22. The van der Waals surface area contributed by atoms with E-state index in [2.05, 4.69) is 5.32 Å². The molecule has 0 aliphatic rings. The van der Waals surface area contributed by atoms with Gasteiger partial charge >= 0.3 is 5.97 Å². The summed E-state index contributed by atoms with van der Waals surface area (Å²) in [4.78, 5) is 36.1. The van der Waals surface area contributed by atoms with Crippen LogP contribution in [0.3, 0.4) is 0 Å². The molecule has 0 saturated carbocycles. The van der Waals surface area contributed by atoms with E-state index in [-0.39, 0.29) is 29.9 Å². The number of hydrogen-bond acceptors (Lipinski definition) is 4. The van der Waals surface area contributed by atoms with Gasteiger partial charge in [-0.15, -0.1) is 0 Å². The molecular formula is C21H22FNO5. The van der Waals surface area contributed by atoms with Gasteiger partial charge in [0, 0.05) is 18.4 Å². The molecule has 0 saturated heterocycles. The number of carboxylic acid groups (broad SMARTS) is 1. The lowest BCUT2D eigenvalue weighted by Crippen LogP contribution is -2.34. The molecule has 0 aromatic heterocycles. The first-order chi connectivity index (χ1) is 13.2. The molecule has 6 nitrogen and oxygen atoms in total. The number of aliphatic carboxylic acids is 1. The third kappa shape index (κ3) is 5.16. The number of halogens is 1. The molecule has 1 unspecified atom stereocenters. The molecule has 0 fully saturated rings. The van der Waals surface area contributed by atoms with E-state index in [9.17, 15) is 23.9 Å². The molecular weight excluding hydrogens is 365 g/mol. The van der Waals surface area contributed by atoms with Gasteiger partial charge in [-0.25, -0.2) is 9.18 Å². The van der Waals surface area contributed by atoms with Gasteiger partial charge in [0.05, 0.1) is 7.11 Å². The predicted octanol–water partition coefficient (Wildman–Crippen LogP) is 3.36. The molecule has 1 amide bonds. The summed E-state index contributed by atoms with van der Waals surface area (Å²) < 4.78 is 18.6. The second kappa shape index (κ2) is 9.12. The normalized spacial score (nSPS) is 11.6. The minimum Gasteiger partial charge on any atom is -0.494 e. The average molecular weight is 387 g/mol. The molecule has 7 heteroatoms. The molecule has 0 spiro atoms. The molecule has 2 aromatic rings. The number of methoxy groups -OCH3 is 1. The molecule has 28 heavy (non-hydrogen) atoms. The van der Waals surface area contributed by atoms with Crippen molar-refractivity contribution >= 4 is 17.7 Å². The Kier molecular flexibility index (Phi) is 6.87. The Morgan fingerprint density at radius 3 is 2.43 bits per heavy atom. The van der Waals surface area contributed by atoms with Crippen molar-refractivity contribution in [1.82, 2.24) is 5.32 Å². The van der Waals surface area contributed by atoms with Crippen molar-refractivity contribution in [1.29, 1.82) is 0 Å². The van der Waals surface area contributed by atoms with Gasteiger partial charge in [-0.2, -0.15) is 0 Å². The summed E-state index contributed by atoms with van der Waals surface area (Å²) >= 11 is 0. The molecule has 0 aliphatic carbocycles. The standard InChI is InChI=1S/C21H22FNO5/c1-12-4-5-13(2)15(10-12)17(24)7-9-19(25)23-20(21(26)27)14-6-8-18(28-3)16(22)11-14/h4-6,8,10-11,20H,7,9H2,1-3H3,(H,23,25)(H,26,27). The minimum atomic E-state index is -1.43. The van der Waals surface area contributed by atoms with Crippen molar-refractivity contribution in [3.8, 4) is 5.75 Å². The summed E-state index contributed by atoms with van der Waals surface area (Å²) in [6, 6.07) is 7.71. The zero-order valence-corrected chi connectivity index (χ0v) is 15.9. The van der Waals surface area contributed by atoms with Crippen LogP contribution in [0, 0.1) is 19.7 Å². The van der Waals surface area contributed by atoms with E-state index < -0.39 is 23.7 Å². The summed E-state index contributed by atoms with van der Waals surface area (Å²) in [5, 5.41) is 11.7. The van der Waals surface area contributed by atoms with Crippen molar-refractivity contribution in [2.24, 2.45) is 0 Å². The lowest BCUT2D eigenvalue weighted by atomic mass is 9.99. The number of carbonyl (C=O) groups is 3. The van der Waals surface area contributed by atoms with E-state index in [4.69, 9.17) is 4.74 Å². The van der Waals surface area contributed by atoms with Crippen LogP contribution >= 0.6 is 0 Å². The van der Waals surface area contributed by atoms with Crippen LogP contribution < -0.4 is 10.1 Å². The van der Waals surface area contributed by atoms with Gasteiger partial charge in [0.1, 0.15) is 0 Å². The molecule has 2 rings (SSSR count). The van der Waals surface area contributed by atoms with Crippen LogP contribution in [0.25, 0.3) is 0 Å². The zero-order valence-electron chi connectivity index (χ0n) is 15.9. The van der Waals surface area contributed by atoms with E-state index >= 15 is 0 Å². The van der Waals surface area contributed by atoms with Gasteiger partial charge in [-0.05, 0) is 43.2 Å². The Hall–Kier alpha value is -3.22. The van der Waals surface area contributed by atoms with Crippen LogP contribution in [0.1, 0.15) is 45.9 Å². The molecule has 2 N–H and O–H groups in total. The van der Waals surface area contributed by atoms with Gasteiger partial charge in [0.15, 0.2) is 23.4 Å². The number of carboxylic acids is 1. The molecule has 148 valence electrons. The van der Waals surface area contributed by atoms with E-state index in [1.54, 1.807) is 6.07 Å². The number of hydrogen-bond donors (Lipinski definition) is 2. The maximum atomic E-state index is 13.8. The van der Waals surface area contributed by atoms with Crippen LogP contribution in [0.5, 0.6) is 5.75 Å². The van der Waals surface area contributed by atoms with Gasteiger partial charge in [-0.3, -0.25) is 9.59 Å². The first-order valence-electron chi connectivity index (χ1n) is 8.69. The Morgan fingerprint density at radius 1 is 1.11 bits per heavy atom. The number of ether oxygens (including phenoxy) is 1. The van der Waals surface area contributed by atoms with E-state index in [0.717, 1.165) is 17.2 Å². The second-order valence-electron chi connectivity index (χ2n) is 6.47. The summed E-state index contributed by atoms with van der Waals surface area (Å²) in [5.41, 5.74) is 2.36. The first-order valence-corrected chi connectivity index (χ1v) is 8.69. The molecule has 0 bridgehead atoms. The van der Waals surface area contributed by atoms with Crippen molar-refractivity contribution in [2.75, 3.05) is 7.11 Å². The highest BCUT2D eigenvalue weighted by molar-refractivity contribution is 5.99. The first kappa shape index (κ1) is 21.1. The average Bonchev–Trinajstić information content (AvgIpc) is 2.65. The number of rotatable bonds is 8. The Morgan fingerprint density at radius 2 is 1.82 bits per heavy atom. The van der Waals surface area contributed by atoms with Crippen LogP contribution in [-0.4, -0.2) is 29.9 Å². The third-order valence-corrected chi connectivity index (χ3v) is 4.33. The maximum absolute atomic E-state index is 13.8. The van der Waals surface area contributed by atoms with Crippen LogP contribution in [0.15, 0.2) is 36.4 Å². The Bertz CT molecular complexity index is 910. The van der Waals surface area contributed by atoms with Gasteiger partial charge in [-0.1, -0.05) is 23.8 Å². The number of amides is 1. The number of benzene rings is 2. The SMILES string of the molecule is COc1ccc(C(NC(=O)CCC(=O)c2cc(C)ccc2C)C(=O)O)cc1F. The highest BCUT2D eigenvalue weighted by atomic mass is 19.1. The van der Waals surface area contributed by atoms with E-state index in [0.29, 0.717) is 5.56 Å². The van der Waals surface area contributed by atoms with Crippen LogP contribution in [-0.2, 0) is 9.59 Å². The molecule has 0 aliphatic heterocycles. The van der Waals surface area contributed by atoms with Crippen LogP contribution in [0.2, 0.25) is 0 Å². The fourth-order valence-electron chi connectivity index (χ4n) is 2.78. The number of carbonyl (C=O) groups excluding carboxylic acids is 2. The Labute approximate surface area is 162 Å². The summed E-state index contributed by atoms with van der Waals surface area (Å²) in [6.07, 6.45) is -0.228. The number of aryl methyl sites for hydroxylation is 2. The summed E-state index contributed by atoms with van der Waals surface area (Å²) in [5.74, 6) is -2.90. The monoisotopic (exact) mass is 387 g/mol. The number of nitrogens with one attached hydrogen (secondary N) is 1. The summed E-state index contributed by atoms with van der Waals surface area (Å²) in [7, 11) is 1.29. The lowest BCUT2D eigenvalue weighted by Gasteiger charge is -2.16. The minimum absolute atomic E-state index is 0.0293.